The average Bonchev–Trinajstić information content (AvgIpc) is 3.30. The van der Waals surface area contributed by atoms with Gasteiger partial charge >= 0.3 is 5.97 Å². The molecular weight excluding hydrogens is 368 g/mol. The number of carbonyl (C=O) groups excluding carboxylic acids is 2. The Labute approximate surface area is 165 Å². The highest BCUT2D eigenvalue weighted by atomic mass is 16.5. The predicted molar refractivity (Wildman–Crippen MR) is 107 cm³/mol. The highest BCUT2D eigenvalue weighted by Gasteiger charge is 2.28. The molecule has 0 spiro atoms. The number of hydrogen-bond acceptors (Lipinski definition) is 5. The summed E-state index contributed by atoms with van der Waals surface area (Å²) < 4.78 is 16.6. The van der Waals surface area contributed by atoms with Gasteiger partial charge in [-0.15, -0.1) is 0 Å². The van der Waals surface area contributed by atoms with E-state index in [0.717, 1.165) is 10.9 Å². The number of ketones is 1. The number of fused-ring (bicyclic) bond motifs is 2. The summed E-state index contributed by atoms with van der Waals surface area (Å²) >= 11 is 0. The Kier molecular flexibility index (Phi) is 3.99. The molecule has 0 saturated heterocycles. The van der Waals surface area contributed by atoms with Gasteiger partial charge in [-0.1, -0.05) is 48.5 Å². The highest BCUT2D eigenvalue weighted by molar-refractivity contribution is 6.14. The quantitative estimate of drug-likeness (QED) is 0.274. The van der Waals surface area contributed by atoms with Crippen LogP contribution in [0.25, 0.3) is 17.0 Å². The zero-order chi connectivity index (χ0) is 19.8. The maximum atomic E-state index is 12.5. The Morgan fingerprint density at radius 2 is 1.69 bits per heavy atom. The van der Waals surface area contributed by atoms with Gasteiger partial charge in [0.2, 0.25) is 11.5 Å². The zero-order valence-electron chi connectivity index (χ0n) is 15.1. The molecule has 0 unspecified atom stereocenters. The predicted octanol–water partition coefficient (Wildman–Crippen LogP) is 5.27. The van der Waals surface area contributed by atoms with E-state index in [1.54, 1.807) is 30.3 Å². The molecule has 1 aromatic heterocycles. The fourth-order valence-corrected chi connectivity index (χ4v) is 3.17. The van der Waals surface area contributed by atoms with E-state index in [4.69, 9.17) is 13.9 Å². The van der Waals surface area contributed by atoms with Crippen molar-refractivity contribution < 1.29 is 23.5 Å². The first-order chi connectivity index (χ1) is 14.2. The van der Waals surface area contributed by atoms with E-state index in [-0.39, 0.29) is 23.1 Å². The van der Waals surface area contributed by atoms with Gasteiger partial charge in [0, 0.05) is 11.5 Å². The first-order valence-electron chi connectivity index (χ1n) is 9.01. The Balaban J connectivity index is 1.38. The maximum absolute atomic E-state index is 12.5. The van der Waals surface area contributed by atoms with Crippen LogP contribution in [0.1, 0.15) is 26.5 Å². The van der Waals surface area contributed by atoms with Crippen LogP contribution in [0.2, 0.25) is 0 Å². The van der Waals surface area contributed by atoms with Gasteiger partial charge in [-0.05, 0) is 35.9 Å². The number of allylic oxidation sites excluding steroid dienone is 1. The Morgan fingerprint density at radius 1 is 0.897 bits per heavy atom. The minimum atomic E-state index is -0.620. The minimum Gasteiger partial charge on any atom is -0.452 e. The van der Waals surface area contributed by atoms with Crippen molar-refractivity contribution in [3.63, 3.8) is 0 Å². The Morgan fingerprint density at radius 3 is 2.52 bits per heavy atom. The summed E-state index contributed by atoms with van der Waals surface area (Å²) in [5.74, 6) is 0.125. The van der Waals surface area contributed by atoms with Crippen molar-refractivity contribution in [2.45, 2.75) is 0 Å². The molecule has 140 valence electrons. The molecule has 2 heterocycles. The fraction of sp³-hybridized carbons (Fsp3) is 0. The Hall–Kier alpha value is -4.12. The molecule has 29 heavy (non-hydrogen) atoms. The molecule has 1 aliphatic rings. The lowest BCUT2D eigenvalue weighted by atomic mass is 10.1. The molecule has 0 bridgehead atoms. The molecule has 5 nitrogen and oxygen atoms in total. The number of carbonyl (C=O) groups is 2. The standard InChI is InChI=1S/C24H14O5/c25-23-18-11-10-17(14-20(18)29-21(23)12-15-6-2-1-3-7-15)27-24(26)22-13-16-8-4-5-9-19(16)28-22/h1-14H/b21-12-. The SMILES string of the molecule is O=C(Oc1ccc2c(c1)O/C(=C\c1ccccc1)C2=O)c1cc2ccccc2o1. The van der Waals surface area contributed by atoms with Gasteiger partial charge in [-0.2, -0.15) is 0 Å². The van der Waals surface area contributed by atoms with Crippen molar-refractivity contribution in [1.82, 2.24) is 0 Å². The van der Waals surface area contributed by atoms with Crippen LogP contribution in [-0.2, 0) is 0 Å². The summed E-state index contributed by atoms with van der Waals surface area (Å²) in [6.07, 6.45) is 1.68. The summed E-state index contributed by atoms with van der Waals surface area (Å²) in [6, 6.07) is 23.1. The molecule has 0 radical (unpaired) electrons. The van der Waals surface area contributed by atoms with Crippen LogP contribution in [0, 0.1) is 0 Å². The van der Waals surface area contributed by atoms with Gasteiger partial charge in [0.15, 0.2) is 5.76 Å². The maximum Gasteiger partial charge on any atom is 0.379 e. The van der Waals surface area contributed by atoms with Crippen molar-refractivity contribution in [2.24, 2.45) is 0 Å². The molecule has 5 rings (SSSR count). The normalized spacial score (nSPS) is 14.1. The highest BCUT2D eigenvalue weighted by Crippen LogP contribution is 2.35. The van der Waals surface area contributed by atoms with Crippen molar-refractivity contribution in [1.29, 1.82) is 0 Å². The summed E-state index contributed by atoms with van der Waals surface area (Å²) in [5.41, 5.74) is 1.90. The molecule has 0 fully saturated rings. The number of furan rings is 1. The summed E-state index contributed by atoms with van der Waals surface area (Å²) in [5, 5.41) is 0.818. The fourth-order valence-electron chi connectivity index (χ4n) is 3.17. The lowest BCUT2D eigenvalue weighted by molar-refractivity contribution is 0.0703. The summed E-state index contributed by atoms with van der Waals surface area (Å²) in [7, 11) is 0. The van der Waals surface area contributed by atoms with Gasteiger partial charge in [-0.3, -0.25) is 4.79 Å². The lowest BCUT2D eigenvalue weighted by Gasteiger charge is -2.04. The lowest BCUT2D eigenvalue weighted by Crippen LogP contribution is -2.07. The van der Waals surface area contributed by atoms with Crippen LogP contribution >= 0.6 is 0 Å². The van der Waals surface area contributed by atoms with Crippen molar-refractivity contribution in [2.75, 3.05) is 0 Å². The average molecular weight is 382 g/mol. The molecule has 4 aromatic rings. The third kappa shape index (κ3) is 3.19. The molecule has 0 atom stereocenters. The van der Waals surface area contributed by atoms with Gasteiger partial charge in [-0.25, -0.2) is 4.79 Å². The first kappa shape index (κ1) is 17.0. The number of Topliss-reactive ketones (excluding diaryl/α,β-unsaturated/α-hetero) is 1. The van der Waals surface area contributed by atoms with E-state index >= 15 is 0 Å². The van der Waals surface area contributed by atoms with E-state index < -0.39 is 5.97 Å². The van der Waals surface area contributed by atoms with E-state index in [9.17, 15) is 9.59 Å². The molecule has 5 heteroatoms. The molecule has 3 aromatic carbocycles. The second-order valence-corrected chi connectivity index (χ2v) is 6.55. The molecule has 0 saturated carbocycles. The topological polar surface area (TPSA) is 65.7 Å². The van der Waals surface area contributed by atoms with E-state index in [2.05, 4.69) is 0 Å². The number of ether oxygens (including phenoxy) is 2. The number of para-hydroxylation sites is 1. The van der Waals surface area contributed by atoms with E-state index in [1.807, 2.05) is 48.5 Å². The number of hydrogen-bond donors (Lipinski definition) is 0. The number of esters is 1. The van der Waals surface area contributed by atoms with Crippen LogP contribution in [0.15, 0.2) is 89.0 Å². The van der Waals surface area contributed by atoms with Gasteiger partial charge < -0.3 is 13.9 Å². The van der Waals surface area contributed by atoms with Crippen molar-refractivity contribution >= 4 is 28.8 Å². The molecule has 1 aliphatic heterocycles. The Bertz CT molecular complexity index is 1250. The van der Waals surface area contributed by atoms with Gasteiger partial charge in [0.25, 0.3) is 0 Å². The van der Waals surface area contributed by atoms with Crippen LogP contribution < -0.4 is 9.47 Å². The van der Waals surface area contributed by atoms with Crippen LogP contribution in [0.5, 0.6) is 11.5 Å². The van der Waals surface area contributed by atoms with Crippen LogP contribution in [0.3, 0.4) is 0 Å². The molecular formula is C24H14O5. The monoisotopic (exact) mass is 382 g/mol. The van der Waals surface area contributed by atoms with Crippen molar-refractivity contribution in [3.8, 4) is 11.5 Å². The third-order valence-corrected chi connectivity index (χ3v) is 4.58. The zero-order valence-corrected chi connectivity index (χ0v) is 15.1. The van der Waals surface area contributed by atoms with Crippen LogP contribution in [0.4, 0.5) is 0 Å². The first-order valence-corrected chi connectivity index (χ1v) is 9.01. The largest absolute Gasteiger partial charge is 0.452 e. The van der Waals surface area contributed by atoms with Crippen LogP contribution in [-0.4, -0.2) is 11.8 Å². The van der Waals surface area contributed by atoms with E-state index in [1.165, 1.54) is 6.07 Å². The second kappa shape index (κ2) is 6.80. The van der Waals surface area contributed by atoms with Gasteiger partial charge in [0.1, 0.15) is 17.1 Å². The minimum absolute atomic E-state index is 0.105. The third-order valence-electron chi connectivity index (χ3n) is 4.58. The smallest absolute Gasteiger partial charge is 0.379 e. The second-order valence-electron chi connectivity index (χ2n) is 6.55. The van der Waals surface area contributed by atoms with E-state index in [0.29, 0.717) is 16.9 Å². The van der Waals surface area contributed by atoms with Crippen molar-refractivity contribution in [3.05, 3.63) is 102 Å². The molecule has 0 aliphatic carbocycles. The molecule has 0 amide bonds. The number of benzene rings is 3. The summed E-state index contributed by atoms with van der Waals surface area (Å²) in [6.45, 7) is 0. The van der Waals surface area contributed by atoms with Gasteiger partial charge in [0.05, 0.1) is 5.56 Å². The molecule has 0 N–H and O–H groups in total. The summed E-state index contributed by atoms with van der Waals surface area (Å²) in [4.78, 5) is 25.0. The number of rotatable bonds is 3.